The molecule has 0 saturated heterocycles. The first-order valence-corrected chi connectivity index (χ1v) is 17.9. The molecule has 0 saturated carbocycles. The third-order valence-electron chi connectivity index (χ3n) is 9.38. The van der Waals surface area contributed by atoms with Crippen molar-refractivity contribution >= 4 is 28.6 Å². The Labute approximate surface area is 302 Å². The van der Waals surface area contributed by atoms with Crippen LogP contribution in [0, 0.1) is 17.5 Å². The van der Waals surface area contributed by atoms with Crippen LogP contribution < -0.4 is 14.2 Å². The monoisotopic (exact) mass is 727 g/mol. The number of para-hydroxylation sites is 1. The van der Waals surface area contributed by atoms with Gasteiger partial charge in [-0.15, -0.1) is 11.8 Å². The molecule has 7 rings (SSSR count). The first-order chi connectivity index (χ1) is 25.2. The summed E-state index contributed by atoms with van der Waals surface area (Å²) in [6.45, 7) is 4.59. The molecule has 8 nitrogen and oxygen atoms in total. The number of rotatable bonds is 12. The zero-order valence-corrected chi connectivity index (χ0v) is 29.6. The molecule has 1 aliphatic heterocycles. The van der Waals surface area contributed by atoms with Crippen molar-refractivity contribution in [1.29, 1.82) is 0 Å². The number of hydrogen-bond donors (Lipinski definition) is 2. The smallest absolute Gasteiger partial charge is 0.306 e. The number of benzene rings is 4. The first kappa shape index (κ1) is 35.1. The average molecular weight is 728 g/mol. The normalized spacial score (nSPS) is 15.3. The van der Waals surface area contributed by atoms with Crippen molar-refractivity contribution in [3.05, 3.63) is 119 Å². The third kappa shape index (κ3) is 6.70. The molecule has 12 heteroatoms. The number of nitrogens with one attached hydrogen (secondary N) is 2. The largest absolute Gasteiger partial charge is 0.497 e. The number of carbonyl (C=O) groups is 1. The molecule has 4 aromatic carbocycles. The van der Waals surface area contributed by atoms with Crippen molar-refractivity contribution in [2.75, 3.05) is 20.3 Å². The van der Waals surface area contributed by atoms with Crippen molar-refractivity contribution in [2.45, 2.75) is 49.2 Å². The van der Waals surface area contributed by atoms with E-state index >= 15 is 13.2 Å². The van der Waals surface area contributed by atoms with Gasteiger partial charge in [0.05, 0.1) is 36.3 Å². The molecular weight excluding hydrogens is 692 g/mol. The van der Waals surface area contributed by atoms with Gasteiger partial charge in [0.15, 0.2) is 11.6 Å². The minimum atomic E-state index is -1.16. The van der Waals surface area contributed by atoms with Crippen LogP contribution in [0.15, 0.2) is 84.0 Å². The number of aromatic nitrogens is 3. The fourth-order valence-electron chi connectivity index (χ4n) is 6.52. The van der Waals surface area contributed by atoms with E-state index in [1.165, 1.54) is 30.0 Å². The lowest BCUT2D eigenvalue weighted by Crippen LogP contribution is -2.32. The number of aryl methyl sites for hydroxylation is 1. The summed E-state index contributed by atoms with van der Waals surface area (Å²) < 4.78 is 69.0. The summed E-state index contributed by atoms with van der Waals surface area (Å²) in [7, 11) is 1.59. The fourth-order valence-corrected chi connectivity index (χ4v) is 7.61. The number of thioether (sulfide) groups is 1. The molecule has 52 heavy (non-hydrogen) atoms. The first-order valence-electron chi connectivity index (χ1n) is 16.9. The predicted octanol–water partition coefficient (Wildman–Crippen LogP) is 9.65. The number of fused-ring (bicyclic) bond motifs is 2. The van der Waals surface area contributed by atoms with Gasteiger partial charge in [0.1, 0.15) is 28.9 Å². The van der Waals surface area contributed by atoms with Gasteiger partial charge in [-0.25, -0.2) is 13.8 Å². The van der Waals surface area contributed by atoms with Gasteiger partial charge in [0.2, 0.25) is 5.82 Å². The van der Waals surface area contributed by atoms with Gasteiger partial charge in [-0.05, 0) is 74.2 Å². The van der Waals surface area contributed by atoms with E-state index in [4.69, 9.17) is 18.9 Å². The maximum Gasteiger partial charge on any atom is 0.306 e. The molecule has 1 atom stereocenters. The summed E-state index contributed by atoms with van der Waals surface area (Å²) >= 11 is 1.30. The van der Waals surface area contributed by atoms with Gasteiger partial charge >= 0.3 is 5.97 Å². The van der Waals surface area contributed by atoms with E-state index in [1.54, 1.807) is 32.5 Å². The number of aromatic amines is 2. The van der Waals surface area contributed by atoms with Crippen molar-refractivity contribution in [2.24, 2.45) is 0 Å². The van der Waals surface area contributed by atoms with E-state index in [-0.39, 0.29) is 40.8 Å². The summed E-state index contributed by atoms with van der Waals surface area (Å²) in [5, 5.41) is 0.458. The van der Waals surface area contributed by atoms with Gasteiger partial charge < -0.3 is 28.9 Å². The average Bonchev–Trinajstić information content (AvgIpc) is 3.86. The molecule has 0 bridgehead atoms. The third-order valence-corrected chi connectivity index (χ3v) is 10.5. The Balaban J connectivity index is 1.18. The Kier molecular flexibility index (Phi) is 9.92. The quantitative estimate of drug-likeness (QED) is 0.0957. The lowest BCUT2D eigenvalue weighted by molar-refractivity contribution is -0.143. The molecule has 268 valence electrons. The minimum absolute atomic E-state index is 0.0271. The van der Waals surface area contributed by atoms with E-state index in [0.29, 0.717) is 53.6 Å². The Morgan fingerprint density at radius 1 is 1.04 bits per heavy atom. The van der Waals surface area contributed by atoms with E-state index in [9.17, 15) is 4.79 Å². The van der Waals surface area contributed by atoms with Crippen LogP contribution >= 0.6 is 11.8 Å². The van der Waals surface area contributed by atoms with Gasteiger partial charge in [-0.3, -0.25) is 4.79 Å². The number of halogens is 3. The van der Waals surface area contributed by atoms with E-state index < -0.39 is 22.9 Å². The maximum atomic E-state index is 15.7. The topological polar surface area (TPSA) is 98.5 Å². The highest BCUT2D eigenvalue weighted by atomic mass is 32.2. The van der Waals surface area contributed by atoms with Gasteiger partial charge in [0, 0.05) is 46.6 Å². The van der Waals surface area contributed by atoms with Crippen LogP contribution in [-0.4, -0.2) is 41.2 Å². The fraction of sp³-hybridized carbons (Fsp3) is 0.250. The molecule has 1 unspecified atom stereocenters. The Morgan fingerprint density at radius 3 is 2.63 bits per heavy atom. The summed E-state index contributed by atoms with van der Waals surface area (Å²) in [6.07, 6.45) is 4.53. The lowest BCUT2D eigenvalue weighted by atomic mass is 9.74. The van der Waals surface area contributed by atoms with Crippen molar-refractivity contribution in [3.8, 4) is 34.4 Å². The molecule has 3 heterocycles. The molecule has 0 aliphatic carbocycles. The number of ether oxygens (including phenoxy) is 4. The Hall–Kier alpha value is -5.36. The van der Waals surface area contributed by atoms with Crippen LogP contribution in [0.2, 0.25) is 0 Å². The summed E-state index contributed by atoms with van der Waals surface area (Å²) in [4.78, 5) is 23.1. The number of methoxy groups -OCH3 is 1. The number of H-pyrrole nitrogens is 2. The second kappa shape index (κ2) is 14.7. The SMILES string of the molecule is CCOC(=O)CCc1cccc2c1OCCC2(C)c1cnc(-c2cc(Oc3c(F)c(F)c4[nH]ccc4c3SCc3ccc(OC)cc3)ccc2F)[nH]1. The van der Waals surface area contributed by atoms with Crippen LogP contribution in [0.5, 0.6) is 23.0 Å². The zero-order valence-electron chi connectivity index (χ0n) is 28.8. The van der Waals surface area contributed by atoms with Crippen molar-refractivity contribution in [1.82, 2.24) is 15.0 Å². The molecule has 0 radical (unpaired) electrons. The molecule has 2 aromatic heterocycles. The second-order valence-corrected chi connectivity index (χ2v) is 13.6. The number of hydrogen-bond acceptors (Lipinski definition) is 7. The lowest BCUT2D eigenvalue weighted by Gasteiger charge is -2.36. The molecule has 1 aliphatic rings. The number of nitrogens with zero attached hydrogens (tertiary/aromatic N) is 1. The van der Waals surface area contributed by atoms with E-state index in [1.807, 2.05) is 42.5 Å². The molecule has 6 aromatic rings. The summed E-state index contributed by atoms with van der Waals surface area (Å²) in [5.41, 5.74) is 3.06. The molecule has 0 spiro atoms. The summed E-state index contributed by atoms with van der Waals surface area (Å²) in [5.74, 6) is -1.18. The van der Waals surface area contributed by atoms with Crippen LogP contribution in [0.3, 0.4) is 0 Å². The van der Waals surface area contributed by atoms with Gasteiger partial charge in [0.25, 0.3) is 0 Å². The predicted molar refractivity (Wildman–Crippen MR) is 193 cm³/mol. The second-order valence-electron chi connectivity index (χ2n) is 12.6. The zero-order chi connectivity index (χ0) is 36.4. The van der Waals surface area contributed by atoms with Crippen LogP contribution in [-0.2, 0) is 27.1 Å². The highest BCUT2D eigenvalue weighted by Gasteiger charge is 2.38. The van der Waals surface area contributed by atoms with Crippen molar-refractivity contribution < 1.29 is 36.9 Å². The minimum Gasteiger partial charge on any atom is -0.497 e. The van der Waals surface area contributed by atoms with E-state index in [2.05, 4.69) is 21.9 Å². The number of imidazole rings is 1. The number of carbonyl (C=O) groups excluding carboxylic acids is 1. The molecule has 0 amide bonds. The van der Waals surface area contributed by atoms with Crippen LogP contribution in [0.4, 0.5) is 13.2 Å². The standard InChI is InChI=1S/C40H36F3N3O5S/c1-4-49-32(47)15-10-24-6-5-7-29-36(24)50-19-17-40(29,2)31-21-45-39(46-31)28-20-26(13-14-30(28)41)51-37-34(43)33(42)35-27(16-18-44-35)38(37)52-22-23-8-11-25(48-3)12-9-23/h5-9,11-14,16,18,20-21,44H,4,10,15,17,19,22H2,1-3H3,(H,45,46). The Bertz CT molecular complexity index is 2250. The maximum absolute atomic E-state index is 15.7. The molecule has 2 N–H and O–H groups in total. The van der Waals surface area contributed by atoms with Gasteiger partial charge in [-0.2, -0.15) is 4.39 Å². The summed E-state index contributed by atoms with van der Waals surface area (Å²) in [6, 6.07) is 19.0. The highest BCUT2D eigenvalue weighted by Crippen LogP contribution is 2.46. The molecular formula is C40H36F3N3O5S. The molecule has 0 fully saturated rings. The van der Waals surface area contributed by atoms with Crippen LogP contribution in [0.25, 0.3) is 22.3 Å². The van der Waals surface area contributed by atoms with Gasteiger partial charge in [-0.1, -0.05) is 30.3 Å². The van der Waals surface area contributed by atoms with Crippen molar-refractivity contribution in [3.63, 3.8) is 0 Å². The number of esters is 1. The van der Waals surface area contributed by atoms with E-state index in [0.717, 1.165) is 22.4 Å². The highest BCUT2D eigenvalue weighted by molar-refractivity contribution is 7.98. The Morgan fingerprint density at radius 2 is 1.85 bits per heavy atom. The van der Waals surface area contributed by atoms with Crippen LogP contribution in [0.1, 0.15) is 49.1 Å².